The zero-order valence-electron chi connectivity index (χ0n) is 7.95. The van der Waals surface area contributed by atoms with Gasteiger partial charge in [-0.25, -0.2) is 4.98 Å². The second-order valence-electron chi connectivity index (χ2n) is 3.17. The van der Waals surface area contributed by atoms with Gasteiger partial charge in [0.25, 0.3) is 0 Å². The predicted octanol–water partition coefficient (Wildman–Crippen LogP) is 4.01. The maximum atomic E-state index is 5.86. The van der Waals surface area contributed by atoms with Gasteiger partial charge in [-0.05, 0) is 30.9 Å². The Morgan fingerprint density at radius 2 is 2.36 bits per heavy atom. The molecular weight excluding hydrogens is 218 g/mol. The zero-order valence-corrected chi connectivity index (χ0v) is 9.52. The third-order valence-electron chi connectivity index (χ3n) is 1.84. The molecule has 0 spiro atoms. The number of aryl methyl sites for hydroxylation is 1. The molecule has 0 aromatic carbocycles. The molecule has 2 aromatic heterocycles. The summed E-state index contributed by atoms with van der Waals surface area (Å²) < 4.78 is 5.51. The number of alkyl halides is 1. The normalized spacial score (nSPS) is 13.1. The fourth-order valence-corrected chi connectivity index (χ4v) is 2.09. The van der Waals surface area contributed by atoms with E-state index in [0.717, 1.165) is 10.6 Å². The number of rotatable bonds is 2. The Morgan fingerprint density at radius 1 is 1.57 bits per heavy atom. The van der Waals surface area contributed by atoms with Crippen molar-refractivity contribution in [1.82, 2.24) is 4.98 Å². The molecule has 0 N–H and O–H groups in total. The summed E-state index contributed by atoms with van der Waals surface area (Å²) in [5.41, 5.74) is 1.24. The number of hydrogen-bond acceptors (Lipinski definition) is 3. The van der Waals surface area contributed by atoms with Gasteiger partial charge in [0.1, 0.15) is 5.38 Å². The molecule has 0 aliphatic heterocycles. The Morgan fingerprint density at radius 3 is 2.86 bits per heavy atom. The third kappa shape index (κ3) is 1.83. The average molecular weight is 228 g/mol. The second kappa shape index (κ2) is 3.75. The van der Waals surface area contributed by atoms with E-state index in [1.165, 1.54) is 5.56 Å². The highest BCUT2D eigenvalue weighted by atomic mass is 35.5. The summed E-state index contributed by atoms with van der Waals surface area (Å²) >= 11 is 7.51. The number of nitrogens with zero attached hydrogens (tertiary/aromatic N) is 1. The molecule has 0 bridgehead atoms. The lowest BCUT2D eigenvalue weighted by atomic mass is 10.3. The van der Waals surface area contributed by atoms with Crippen molar-refractivity contribution < 1.29 is 4.42 Å². The van der Waals surface area contributed by atoms with Crippen molar-refractivity contribution >= 4 is 22.9 Å². The van der Waals surface area contributed by atoms with Gasteiger partial charge in [0.05, 0.1) is 11.1 Å². The fraction of sp³-hybridized carbons (Fsp3) is 0.300. The zero-order chi connectivity index (χ0) is 10.1. The lowest BCUT2D eigenvalue weighted by molar-refractivity contribution is 0.509. The maximum Gasteiger partial charge on any atom is 0.212 e. The van der Waals surface area contributed by atoms with E-state index < -0.39 is 0 Å². The smallest absolute Gasteiger partial charge is 0.212 e. The SMILES string of the molecule is Cc1csc(-c2cnc(C(C)Cl)o2)c1. The number of halogens is 1. The van der Waals surface area contributed by atoms with E-state index in [9.17, 15) is 0 Å². The van der Waals surface area contributed by atoms with Crippen LogP contribution in [0.3, 0.4) is 0 Å². The molecule has 2 heterocycles. The molecule has 2 aromatic rings. The maximum absolute atomic E-state index is 5.86. The molecule has 0 aliphatic rings. The molecule has 0 aliphatic carbocycles. The molecule has 74 valence electrons. The highest BCUT2D eigenvalue weighted by Crippen LogP contribution is 2.29. The lowest BCUT2D eigenvalue weighted by Gasteiger charge is -1.93. The minimum atomic E-state index is -0.176. The summed E-state index contributed by atoms with van der Waals surface area (Å²) in [4.78, 5) is 5.21. The number of aromatic nitrogens is 1. The molecule has 0 fully saturated rings. The van der Waals surface area contributed by atoms with Crippen LogP contribution in [0.15, 0.2) is 22.1 Å². The standard InChI is InChI=1S/C10H10ClNOS/c1-6-3-9(14-5-6)8-4-12-10(13-8)7(2)11/h3-5,7H,1-2H3. The number of oxazole rings is 1. The number of hydrogen-bond donors (Lipinski definition) is 0. The van der Waals surface area contributed by atoms with Crippen LogP contribution in [0, 0.1) is 6.92 Å². The van der Waals surface area contributed by atoms with Crippen LogP contribution < -0.4 is 0 Å². The van der Waals surface area contributed by atoms with Gasteiger partial charge in [-0.3, -0.25) is 0 Å². The molecule has 1 unspecified atom stereocenters. The highest BCUT2D eigenvalue weighted by Gasteiger charge is 2.11. The Bertz CT molecular complexity index is 433. The lowest BCUT2D eigenvalue weighted by Crippen LogP contribution is -1.80. The summed E-state index contributed by atoms with van der Waals surface area (Å²) in [6.45, 7) is 3.90. The Hall–Kier alpha value is -0.800. The monoisotopic (exact) mass is 227 g/mol. The van der Waals surface area contributed by atoms with Gasteiger partial charge in [0.15, 0.2) is 5.76 Å². The fourth-order valence-electron chi connectivity index (χ4n) is 1.15. The molecule has 0 saturated heterocycles. The molecule has 1 atom stereocenters. The van der Waals surface area contributed by atoms with Crippen molar-refractivity contribution in [3.63, 3.8) is 0 Å². The van der Waals surface area contributed by atoms with Crippen LogP contribution in [0.1, 0.15) is 23.8 Å². The first kappa shape index (κ1) is 9.74. The van der Waals surface area contributed by atoms with Crippen LogP contribution in [0.2, 0.25) is 0 Å². The molecule has 4 heteroatoms. The van der Waals surface area contributed by atoms with Gasteiger partial charge < -0.3 is 4.42 Å². The first-order valence-electron chi connectivity index (χ1n) is 4.32. The van der Waals surface area contributed by atoms with Gasteiger partial charge in [0, 0.05) is 0 Å². The van der Waals surface area contributed by atoms with E-state index in [4.69, 9.17) is 16.0 Å². The van der Waals surface area contributed by atoms with Crippen LogP contribution >= 0.6 is 22.9 Å². The van der Waals surface area contributed by atoms with Crippen molar-refractivity contribution in [3.8, 4) is 10.6 Å². The average Bonchev–Trinajstić information content (AvgIpc) is 2.70. The predicted molar refractivity (Wildman–Crippen MR) is 58.8 cm³/mol. The molecule has 0 radical (unpaired) electrons. The van der Waals surface area contributed by atoms with Crippen LogP contribution in [-0.4, -0.2) is 4.98 Å². The minimum absolute atomic E-state index is 0.176. The summed E-state index contributed by atoms with van der Waals surface area (Å²) in [5, 5.41) is 1.91. The van der Waals surface area contributed by atoms with Gasteiger partial charge in [-0.1, -0.05) is 0 Å². The van der Waals surface area contributed by atoms with Crippen LogP contribution in [0.25, 0.3) is 10.6 Å². The molecule has 0 amide bonds. The van der Waals surface area contributed by atoms with Crippen LogP contribution in [0.5, 0.6) is 0 Å². The summed E-state index contributed by atoms with van der Waals surface area (Å²) in [7, 11) is 0. The number of thiophene rings is 1. The Kier molecular flexibility index (Phi) is 2.61. The van der Waals surface area contributed by atoms with E-state index in [0.29, 0.717) is 5.89 Å². The van der Waals surface area contributed by atoms with Crippen LogP contribution in [0.4, 0.5) is 0 Å². The molecule has 14 heavy (non-hydrogen) atoms. The van der Waals surface area contributed by atoms with Crippen molar-refractivity contribution in [2.75, 3.05) is 0 Å². The van der Waals surface area contributed by atoms with E-state index in [1.807, 2.05) is 6.92 Å². The van der Waals surface area contributed by atoms with Crippen LogP contribution in [-0.2, 0) is 0 Å². The van der Waals surface area contributed by atoms with Gasteiger partial charge in [-0.2, -0.15) is 0 Å². The summed E-state index contributed by atoms with van der Waals surface area (Å²) in [6.07, 6.45) is 1.72. The molecular formula is C10H10ClNOS. The quantitative estimate of drug-likeness (QED) is 0.725. The van der Waals surface area contributed by atoms with E-state index in [-0.39, 0.29) is 5.38 Å². The van der Waals surface area contributed by atoms with E-state index in [1.54, 1.807) is 17.5 Å². The van der Waals surface area contributed by atoms with Crippen molar-refractivity contribution in [3.05, 3.63) is 29.1 Å². The molecule has 2 nitrogen and oxygen atoms in total. The molecule has 0 saturated carbocycles. The van der Waals surface area contributed by atoms with Gasteiger partial charge in [-0.15, -0.1) is 22.9 Å². The highest BCUT2D eigenvalue weighted by molar-refractivity contribution is 7.13. The summed E-state index contributed by atoms with van der Waals surface area (Å²) in [6, 6.07) is 2.08. The third-order valence-corrected chi connectivity index (χ3v) is 3.09. The topological polar surface area (TPSA) is 26.0 Å². The molecule has 2 rings (SSSR count). The second-order valence-corrected chi connectivity index (χ2v) is 4.73. The van der Waals surface area contributed by atoms with Gasteiger partial charge >= 0.3 is 0 Å². The minimum Gasteiger partial charge on any atom is -0.438 e. The Balaban J connectivity index is 2.33. The van der Waals surface area contributed by atoms with Crippen molar-refractivity contribution in [2.45, 2.75) is 19.2 Å². The Labute approximate surface area is 91.5 Å². The van der Waals surface area contributed by atoms with Gasteiger partial charge in [0.2, 0.25) is 5.89 Å². The van der Waals surface area contributed by atoms with E-state index >= 15 is 0 Å². The first-order chi connectivity index (χ1) is 6.66. The van der Waals surface area contributed by atoms with Crippen molar-refractivity contribution in [2.24, 2.45) is 0 Å². The van der Waals surface area contributed by atoms with E-state index in [2.05, 4.69) is 23.4 Å². The van der Waals surface area contributed by atoms with Crippen molar-refractivity contribution in [1.29, 1.82) is 0 Å². The largest absolute Gasteiger partial charge is 0.438 e. The first-order valence-corrected chi connectivity index (χ1v) is 5.63. The summed E-state index contributed by atoms with van der Waals surface area (Å²) in [5.74, 6) is 1.37.